The normalized spacial score (nSPS) is 19.8. The zero-order valence-electron chi connectivity index (χ0n) is 16.7. The van der Waals surface area contributed by atoms with Crippen LogP contribution in [-0.4, -0.2) is 66.5 Å². The Morgan fingerprint density at radius 1 is 1.03 bits per heavy atom. The summed E-state index contributed by atoms with van der Waals surface area (Å²) in [7, 11) is 0. The molecule has 4 rings (SSSR count). The van der Waals surface area contributed by atoms with Gasteiger partial charge in [0.1, 0.15) is 12.4 Å². The second-order valence-corrected chi connectivity index (χ2v) is 7.40. The average Bonchev–Trinajstić information content (AvgIpc) is 2.79. The summed E-state index contributed by atoms with van der Waals surface area (Å²) >= 11 is 0. The third-order valence-electron chi connectivity index (χ3n) is 5.45. The minimum Gasteiger partial charge on any atom is -0.485 e. The Hall–Kier alpha value is -3.13. The zero-order valence-corrected chi connectivity index (χ0v) is 16.7. The second kappa shape index (κ2) is 8.71. The van der Waals surface area contributed by atoms with Gasteiger partial charge in [0.05, 0.1) is 6.04 Å². The molecule has 2 atom stereocenters. The monoisotopic (exact) mass is 413 g/mol. The number of piperazine rings is 1. The van der Waals surface area contributed by atoms with Crippen molar-refractivity contribution in [3.8, 4) is 11.5 Å². The van der Waals surface area contributed by atoms with Crippen LogP contribution in [0.3, 0.4) is 0 Å². The van der Waals surface area contributed by atoms with Crippen LogP contribution < -0.4 is 14.8 Å². The number of ether oxygens (including phenoxy) is 2. The van der Waals surface area contributed by atoms with Crippen molar-refractivity contribution in [2.24, 2.45) is 0 Å². The van der Waals surface area contributed by atoms with Crippen molar-refractivity contribution in [3.05, 3.63) is 54.3 Å². The number of fused-ring (bicyclic) bond motifs is 1. The Bertz CT molecular complexity index is 913. The fourth-order valence-corrected chi connectivity index (χ4v) is 3.62. The van der Waals surface area contributed by atoms with Gasteiger partial charge >= 0.3 is 0 Å². The van der Waals surface area contributed by atoms with Crippen LogP contribution in [-0.2, 0) is 9.59 Å². The average molecular weight is 413 g/mol. The summed E-state index contributed by atoms with van der Waals surface area (Å²) in [5, 5.41) is 2.80. The lowest BCUT2D eigenvalue weighted by Crippen LogP contribution is -2.57. The number of benzene rings is 2. The summed E-state index contributed by atoms with van der Waals surface area (Å²) in [6.07, 6.45) is -0.661. The van der Waals surface area contributed by atoms with E-state index >= 15 is 0 Å². The molecular weight excluding hydrogens is 389 g/mol. The number of halogens is 1. The summed E-state index contributed by atoms with van der Waals surface area (Å²) in [6.45, 7) is 4.18. The molecule has 2 aliphatic heterocycles. The number of para-hydroxylation sites is 2. The Morgan fingerprint density at radius 3 is 2.40 bits per heavy atom. The summed E-state index contributed by atoms with van der Waals surface area (Å²) < 4.78 is 24.5. The summed E-state index contributed by atoms with van der Waals surface area (Å²) in [6, 6.07) is 12.6. The molecule has 2 heterocycles. The van der Waals surface area contributed by atoms with Gasteiger partial charge in [0.25, 0.3) is 5.91 Å². The molecule has 2 aromatic rings. The fourth-order valence-electron chi connectivity index (χ4n) is 3.62. The Morgan fingerprint density at radius 2 is 1.70 bits per heavy atom. The fraction of sp³-hybridized carbons (Fsp3) is 0.364. The predicted molar refractivity (Wildman–Crippen MR) is 109 cm³/mol. The lowest BCUT2D eigenvalue weighted by molar-refractivity contribution is -0.143. The van der Waals surface area contributed by atoms with E-state index in [0.717, 1.165) is 0 Å². The molecule has 8 heteroatoms. The Labute approximate surface area is 174 Å². The van der Waals surface area contributed by atoms with Gasteiger partial charge < -0.3 is 19.7 Å². The summed E-state index contributed by atoms with van der Waals surface area (Å²) in [5.74, 6) is 0.603. The molecular formula is C22H24FN3O4. The molecule has 30 heavy (non-hydrogen) atoms. The number of amides is 2. The van der Waals surface area contributed by atoms with E-state index in [2.05, 4.69) is 5.32 Å². The molecule has 0 radical (unpaired) electrons. The molecule has 0 bridgehead atoms. The third kappa shape index (κ3) is 4.38. The van der Waals surface area contributed by atoms with Crippen molar-refractivity contribution in [2.45, 2.75) is 19.1 Å². The maximum absolute atomic E-state index is 13.0. The van der Waals surface area contributed by atoms with Crippen molar-refractivity contribution >= 4 is 17.5 Å². The van der Waals surface area contributed by atoms with E-state index in [4.69, 9.17) is 9.47 Å². The van der Waals surface area contributed by atoms with Gasteiger partial charge in [-0.15, -0.1) is 0 Å². The zero-order chi connectivity index (χ0) is 21.1. The molecule has 7 nitrogen and oxygen atoms in total. The molecule has 0 spiro atoms. The number of carbonyl (C=O) groups excluding carboxylic acids is 2. The van der Waals surface area contributed by atoms with Crippen molar-refractivity contribution in [1.29, 1.82) is 0 Å². The summed E-state index contributed by atoms with van der Waals surface area (Å²) in [4.78, 5) is 29.1. The minimum absolute atomic E-state index is 0.104. The van der Waals surface area contributed by atoms with Crippen LogP contribution in [0, 0.1) is 5.82 Å². The van der Waals surface area contributed by atoms with Gasteiger partial charge in [-0.3, -0.25) is 14.5 Å². The van der Waals surface area contributed by atoms with Crippen LogP contribution in [0.2, 0.25) is 0 Å². The van der Waals surface area contributed by atoms with Gasteiger partial charge in [-0.2, -0.15) is 0 Å². The second-order valence-electron chi connectivity index (χ2n) is 7.40. The molecule has 0 unspecified atom stereocenters. The van der Waals surface area contributed by atoms with Crippen LogP contribution in [0.15, 0.2) is 48.5 Å². The van der Waals surface area contributed by atoms with E-state index in [1.807, 2.05) is 30.0 Å². The first-order valence-corrected chi connectivity index (χ1v) is 9.99. The third-order valence-corrected chi connectivity index (χ3v) is 5.45. The lowest BCUT2D eigenvalue weighted by atomic mass is 10.2. The van der Waals surface area contributed by atoms with E-state index in [1.165, 1.54) is 24.3 Å². The number of rotatable bonds is 4. The molecule has 1 N–H and O–H groups in total. The maximum atomic E-state index is 13.0. The largest absolute Gasteiger partial charge is 0.485 e. The number of carbonyl (C=O) groups is 2. The topological polar surface area (TPSA) is 71.1 Å². The van der Waals surface area contributed by atoms with Crippen LogP contribution in [0.5, 0.6) is 11.5 Å². The molecule has 0 saturated carbocycles. The van der Waals surface area contributed by atoms with Crippen LogP contribution >= 0.6 is 0 Å². The highest BCUT2D eigenvalue weighted by Crippen LogP contribution is 2.31. The van der Waals surface area contributed by atoms with Gasteiger partial charge in [-0.1, -0.05) is 12.1 Å². The van der Waals surface area contributed by atoms with E-state index in [0.29, 0.717) is 43.4 Å². The first-order valence-electron chi connectivity index (χ1n) is 9.99. The molecule has 1 saturated heterocycles. The van der Waals surface area contributed by atoms with E-state index in [9.17, 15) is 14.0 Å². The SMILES string of the molecule is C[C@H](C(=O)Nc1ccc(F)cc1)N1CCN(C(=O)[C@@H]2COc3ccccc3O2)CC1. The smallest absolute Gasteiger partial charge is 0.267 e. The van der Waals surface area contributed by atoms with E-state index in [1.54, 1.807) is 11.0 Å². The number of hydrogen-bond acceptors (Lipinski definition) is 5. The predicted octanol–water partition coefficient (Wildman–Crippen LogP) is 2.14. The lowest BCUT2D eigenvalue weighted by Gasteiger charge is -2.39. The van der Waals surface area contributed by atoms with Crippen molar-refractivity contribution in [2.75, 3.05) is 38.1 Å². The highest BCUT2D eigenvalue weighted by Gasteiger charge is 2.34. The van der Waals surface area contributed by atoms with E-state index < -0.39 is 6.10 Å². The molecule has 1 fully saturated rings. The van der Waals surface area contributed by atoms with Crippen molar-refractivity contribution < 1.29 is 23.5 Å². The number of hydrogen-bond donors (Lipinski definition) is 1. The maximum Gasteiger partial charge on any atom is 0.267 e. The number of nitrogens with one attached hydrogen (secondary N) is 1. The molecule has 2 amide bonds. The highest BCUT2D eigenvalue weighted by atomic mass is 19.1. The number of anilines is 1. The van der Waals surface area contributed by atoms with E-state index in [-0.39, 0.29) is 30.3 Å². The quantitative estimate of drug-likeness (QED) is 0.832. The Kier molecular flexibility index (Phi) is 5.85. The van der Waals surface area contributed by atoms with Crippen molar-refractivity contribution in [1.82, 2.24) is 9.80 Å². The molecule has 158 valence electrons. The summed E-state index contributed by atoms with van der Waals surface area (Å²) in [5.41, 5.74) is 0.553. The molecule has 0 aliphatic carbocycles. The Balaban J connectivity index is 1.28. The minimum atomic E-state index is -0.661. The molecule has 2 aromatic carbocycles. The van der Waals surface area contributed by atoms with Crippen LogP contribution in [0.25, 0.3) is 0 Å². The molecule has 2 aliphatic rings. The van der Waals surface area contributed by atoms with Gasteiger partial charge in [-0.05, 0) is 43.3 Å². The van der Waals surface area contributed by atoms with Crippen molar-refractivity contribution in [3.63, 3.8) is 0 Å². The van der Waals surface area contributed by atoms with Gasteiger partial charge in [0, 0.05) is 31.9 Å². The van der Waals surface area contributed by atoms with Gasteiger partial charge in [0.15, 0.2) is 11.5 Å². The first kappa shape index (κ1) is 20.2. The standard InChI is InChI=1S/C22H24FN3O4/c1-15(21(27)24-17-8-6-16(23)7-9-17)25-10-12-26(13-11-25)22(28)20-14-29-18-4-2-3-5-19(18)30-20/h2-9,15,20H,10-14H2,1H3,(H,24,27)/t15-,20+/m1/s1. The van der Waals surface area contributed by atoms with Crippen LogP contribution in [0.4, 0.5) is 10.1 Å². The highest BCUT2D eigenvalue weighted by molar-refractivity contribution is 5.94. The molecule has 0 aromatic heterocycles. The van der Waals surface area contributed by atoms with Crippen LogP contribution in [0.1, 0.15) is 6.92 Å². The van der Waals surface area contributed by atoms with Gasteiger partial charge in [-0.25, -0.2) is 4.39 Å². The van der Waals surface area contributed by atoms with Gasteiger partial charge in [0.2, 0.25) is 12.0 Å². The number of nitrogens with zero attached hydrogens (tertiary/aromatic N) is 2. The first-order chi connectivity index (χ1) is 14.5.